The molecule has 230 valence electrons. The number of fused-ring (bicyclic) bond motifs is 1. The number of anilines is 1. The van der Waals surface area contributed by atoms with E-state index in [2.05, 4.69) is 15.1 Å². The average molecular weight is 625 g/mol. The van der Waals surface area contributed by atoms with Crippen LogP contribution in [0, 0.1) is 5.41 Å². The second-order valence-corrected chi connectivity index (χ2v) is 13.7. The van der Waals surface area contributed by atoms with E-state index in [9.17, 15) is 24.4 Å². The van der Waals surface area contributed by atoms with Crippen molar-refractivity contribution in [3.63, 3.8) is 0 Å². The summed E-state index contributed by atoms with van der Waals surface area (Å²) in [6.45, 7) is 6.72. The fourth-order valence-corrected chi connectivity index (χ4v) is 6.53. The Bertz CT molecular complexity index is 1500. The largest absolute Gasteiger partial charge is 0.405 e. The van der Waals surface area contributed by atoms with Crippen LogP contribution in [0.25, 0.3) is 5.78 Å². The predicted molar refractivity (Wildman–Crippen MR) is 157 cm³/mol. The number of carbonyl (C=O) groups excluding carboxylic acids is 1. The summed E-state index contributed by atoms with van der Waals surface area (Å²) in [5, 5.41) is 25.0. The van der Waals surface area contributed by atoms with Gasteiger partial charge < -0.3 is 20.7 Å². The summed E-state index contributed by atoms with van der Waals surface area (Å²) in [5.74, 6) is 0.0367. The molecule has 14 nitrogen and oxygen atoms in total. The number of nitrogens with zero attached hydrogens (tertiary/aromatic N) is 4. The maximum Gasteiger partial charge on any atom is 0.405 e. The number of nitrogens with two attached hydrogens (primary N) is 1. The molecule has 3 unspecified atom stereocenters. The summed E-state index contributed by atoms with van der Waals surface area (Å²) in [6, 6.07) is 9.21. The molecule has 1 aliphatic rings. The van der Waals surface area contributed by atoms with Crippen LogP contribution in [0.5, 0.6) is 0 Å². The topological polar surface area (TPSA) is 193 Å². The van der Waals surface area contributed by atoms with Gasteiger partial charge in [-0.05, 0) is 18.9 Å². The Morgan fingerprint density at radius 2 is 1.98 bits per heavy atom. The number of hydrogen-bond acceptors (Lipinski definition) is 12. The van der Waals surface area contributed by atoms with E-state index < -0.39 is 49.5 Å². The first kappa shape index (κ1) is 32.3. The quantitative estimate of drug-likeness (QED) is 0.160. The van der Waals surface area contributed by atoms with Crippen molar-refractivity contribution in [1.82, 2.24) is 24.0 Å². The van der Waals surface area contributed by atoms with E-state index in [1.54, 1.807) is 0 Å². The highest BCUT2D eigenvalue weighted by atomic mass is 32.2. The van der Waals surface area contributed by atoms with Gasteiger partial charge in [-0.1, -0.05) is 62.9 Å². The van der Waals surface area contributed by atoms with E-state index in [0.717, 1.165) is 21.7 Å². The molecule has 42 heavy (non-hydrogen) atoms. The molecule has 1 saturated heterocycles. The van der Waals surface area contributed by atoms with Crippen molar-refractivity contribution in [3.05, 3.63) is 58.8 Å². The van der Waals surface area contributed by atoms with Crippen LogP contribution in [0.3, 0.4) is 0 Å². The Hall–Kier alpha value is -2.62. The normalized spacial score (nSPS) is 24.2. The van der Waals surface area contributed by atoms with Crippen LogP contribution < -0.4 is 16.5 Å². The Morgan fingerprint density at radius 1 is 1.26 bits per heavy atom. The first-order valence-corrected chi connectivity index (χ1v) is 15.9. The number of carbonyl (C=O) groups is 1. The lowest BCUT2D eigenvalue weighted by atomic mass is 9.92. The van der Waals surface area contributed by atoms with Crippen LogP contribution in [-0.2, 0) is 29.7 Å². The highest BCUT2D eigenvalue weighted by Gasteiger charge is 2.54. The third-order valence-electron chi connectivity index (χ3n) is 7.20. The molecule has 0 spiro atoms. The van der Waals surface area contributed by atoms with Crippen molar-refractivity contribution in [2.24, 2.45) is 5.41 Å². The molecule has 5 atom stereocenters. The molecule has 3 aromatic rings. The van der Waals surface area contributed by atoms with Gasteiger partial charge in [0, 0.05) is 30.1 Å². The number of nitrogen functional groups attached to an aromatic ring is 1. The molecule has 2 aromatic heterocycles. The Kier molecular flexibility index (Phi) is 9.95. The first-order valence-electron chi connectivity index (χ1n) is 13.4. The van der Waals surface area contributed by atoms with E-state index in [1.165, 1.54) is 23.9 Å². The number of benzene rings is 1. The van der Waals surface area contributed by atoms with Gasteiger partial charge in [0.05, 0.1) is 13.2 Å². The van der Waals surface area contributed by atoms with Gasteiger partial charge in [-0.25, -0.2) is 18.8 Å². The molecule has 1 aromatic carbocycles. The predicted octanol–water partition coefficient (Wildman–Crippen LogP) is 2.11. The van der Waals surface area contributed by atoms with Gasteiger partial charge in [0.25, 0.3) is 0 Å². The van der Waals surface area contributed by atoms with Gasteiger partial charge in [0.15, 0.2) is 11.3 Å². The van der Waals surface area contributed by atoms with Gasteiger partial charge in [-0.2, -0.15) is 9.97 Å². The summed E-state index contributed by atoms with van der Waals surface area (Å²) in [7, 11) is -3.98. The van der Waals surface area contributed by atoms with Gasteiger partial charge in [-0.15, -0.1) is 0 Å². The lowest BCUT2D eigenvalue weighted by Crippen LogP contribution is -2.44. The molecule has 0 bridgehead atoms. The molecule has 1 fully saturated rings. The molecule has 0 saturated carbocycles. The van der Waals surface area contributed by atoms with Crippen LogP contribution in [0.1, 0.15) is 45.9 Å². The van der Waals surface area contributed by atoms with Gasteiger partial charge in [0.2, 0.25) is 11.7 Å². The molecule has 0 radical (unpaired) electrons. The summed E-state index contributed by atoms with van der Waals surface area (Å²) >= 11 is 1.10. The van der Waals surface area contributed by atoms with Crippen LogP contribution in [0.2, 0.25) is 0 Å². The van der Waals surface area contributed by atoms with Crippen molar-refractivity contribution in [3.8, 4) is 0 Å². The number of thioether (sulfide) groups is 1. The molecule has 16 heteroatoms. The third kappa shape index (κ3) is 7.12. The zero-order valence-corrected chi connectivity index (χ0v) is 25.6. The highest BCUT2D eigenvalue weighted by molar-refractivity contribution is 8.13. The molecular weight excluding hydrogens is 587 g/mol. The third-order valence-corrected chi connectivity index (χ3v) is 9.95. The lowest BCUT2D eigenvalue weighted by molar-refractivity contribution is -0.118. The smallest absolute Gasteiger partial charge is 0.387 e. The number of nitrogens with one attached hydrogen (secondary N) is 1. The number of aliphatic hydroxyl groups is 2. The van der Waals surface area contributed by atoms with E-state index in [4.69, 9.17) is 19.5 Å². The van der Waals surface area contributed by atoms with Crippen LogP contribution in [-0.4, -0.2) is 71.0 Å². The maximum atomic E-state index is 13.7. The number of imidazole rings is 1. The minimum Gasteiger partial charge on any atom is -0.387 e. The SMILES string of the molecule is CCC(C)(C)C(=O)SCCOP(=O)(NCc1ccccc1)OC[C@H]1OC(n2ccn3c(=O)nc(N)nc23)[C@@](C)(O)C1O. The van der Waals surface area contributed by atoms with Crippen LogP contribution in [0.4, 0.5) is 5.95 Å². The van der Waals surface area contributed by atoms with Gasteiger partial charge in [-0.3, -0.25) is 18.4 Å². The van der Waals surface area contributed by atoms with E-state index in [0.29, 0.717) is 6.42 Å². The van der Waals surface area contributed by atoms with E-state index in [1.807, 2.05) is 51.1 Å². The first-order chi connectivity index (χ1) is 19.8. The summed E-state index contributed by atoms with van der Waals surface area (Å²) in [6.07, 6.45) is -0.329. The monoisotopic (exact) mass is 624 g/mol. The number of aromatic nitrogens is 4. The number of hydrogen-bond donors (Lipinski definition) is 4. The Morgan fingerprint density at radius 3 is 2.67 bits per heavy atom. The molecule has 1 aliphatic heterocycles. The Labute approximate surface area is 247 Å². The van der Waals surface area contributed by atoms with Gasteiger partial charge >= 0.3 is 13.4 Å². The Balaban J connectivity index is 1.46. The second kappa shape index (κ2) is 12.9. The lowest BCUT2D eigenvalue weighted by Gasteiger charge is -2.27. The van der Waals surface area contributed by atoms with Crippen LogP contribution >= 0.6 is 19.5 Å². The molecule has 5 N–H and O–H groups in total. The zero-order chi connectivity index (χ0) is 30.7. The molecule has 0 amide bonds. The minimum absolute atomic E-state index is 0.00386. The van der Waals surface area contributed by atoms with Crippen molar-refractivity contribution >= 4 is 36.3 Å². The summed E-state index contributed by atoms with van der Waals surface area (Å²) < 4.78 is 33.5. The highest BCUT2D eigenvalue weighted by Crippen LogP contribution is 2.46. The standard InChI is InChI=1S/C26H37N6O8PS/c1-5-25(2,3)21(34)42-14-13-38-41(37,28-15-17-9-7-6-8-10-17)39-16-18-19(33)26(4,36)20(40-18)31-11-12-32-23(31)29-22(27)30-24(32)35/h6-12,18-20,33,36H,5,13-16H2,1-4H3,(H,28,37)(H2,27,30,35)/t18-,19?,20?,26+,41?/m1/s1. The molecule has 0 aliphatic carbocycles. The second-order valence-electron chi connectivity index (χ2n) is 10.8. The number of aliphatic hydroxyl groups excluding tert-OH is 1. The van der Waals surface area contributed by atoms with E-state index >= 15 is 0 Å². The fourth-order valence-electron chi connectivity index (χ4n) is 4.21. The number of rotatable bonds is 13. The van der Waals surface area contributed by atoms with Gasteiger partial charge in [0.1, 0.15) is 17.8 Å². The van der Waals surface area contributed by atoms with E-state index in [-0.39, 0.29) is 35.7 Å². The minimum atomic E-state index is -3.98. The average Bonchev–Trinajstić information content (AvgIpc) is 3.47. The zero-order valence-electron chi connectivity index (χ0n) is 23.9. The van der Waals surface area contributed by atoms with Crippen LogP contribution in [0.15, 0.2) is 47.5 Å². The van der Waals surface area contributed by atoms with Crippen molar-refractivity contribution in [2.45, 2.75) is 64.7 Å². The molecule has 4 rings (SSSR count). The summed E-state index contributed by atoms with van der Waals surface area (Å²) in [5.41, 5.74) is 3.44. The summed E-state index contributed by atoms with van der Waals surface area (Å²) in [4.78, 5) is 32.3. The van der Waals surface area contributed by atoms with Crippen molar-refractivity contribution in [2.75, 3.05) is 24.7 Å². The van der Waals surface area contributed by atoms with Crippen molar-refractivity contribution in [1.29, 1.82) is 0 Å². The molecule has 3 heterocycles. The maximum absolute atomic E-state index is 13.7. The fraction of sp³-hybridized carbons (Fsp3) is 0.538. The van der Waals surface area contributed by atoms with Crippen molar-refractivity contribution < 1.29 is 33.4 Å². The molecular formula is C26H37N6O8PS. The number of ether oxygens (including phenoxy) is 1.